The van der Waals surface area contributed by atoms with E-state index < -0.39 is 11.5 Å². The van der Waals surface area contributed by atoms with Gasteiger partial charge in [-0.1, -0.05) is 42.5 Å². The van der Waals surface area contributed by atoms with Gasteiger partial charge in [0.2, 0.25) is 0 Å². The monoisotopic (exact) mass is 437 g/mol. The Hall–Kier alpha value is -2.73. The maximum Gasteiger partial charge on any atom is 0.404 e. The number of nitrogens with zero attached hydrogens (tertiary/aromatic N) is 1. The summed E-state index contributed by atoms with van der Waals surface area (Å²) in [6.45, 7) is 2.74. The van der Waals surface area contributed by atoms with E-state index in [9.17, 15) is 9.18 Å². The minimum atomic E-state index is -0.780. The maximum absolute atomic E-state index is 14.3. The van der Waals surface area contributed by atoms with E-state index in [2.05, 4.69) is 29.2 Å². The smallest absolute Gasteiger partial charge is 0.404 e. The summed E-state index contributed by atoms with van der Waals surface area (Å²) < 4.78 is 19.8. The summed E-state index contributed by atoms with van der Waals surface area (Å²) in [4.78, 5) is 14.0. The van der Waals surface area contributed by atoms with Gasteiger partial charge in [0.25, 0.3) is 0 Å². The Morgan fingerprint density at radius 1 is 1.12 bits per heavy atom. The number of rotatable bonds is 7. The third-order valence-corrected chi connectivity index (χ3v) is 7.41. The Morgan fingerprint density at radius 2 is 1.88 bits per heavy atom. The molecule has 1 aliphatic heterocycles. The second kappa shape index (κ2) is 9.82. The summed E-state index contributed by atoms with van der Waals surface area (Å²) >= 11 is 0. The molecule has 5 nitrogen and oxygen atoms in total. The molecular formula is C26H32FN3O2. The van der Waals surface area contributed by atoms with Crippen LogP contribution in [0.5, 0.6) is 0 Å². The number of hydrogen-bond donors (Lipinski definition) is 2. The summed E-state index contributed by atoms with van der Waals surface area (Å²) in [7, 11) is 0. The molecule has 2 aromatic rings. The molecule has 1 heterocycles. The molecule has 0 spiro atoms. The molecule has 32 heavy (non-hydrogen) atoms. The molecule has 2 fully saturated rings. The van der Waals surface area contributed by atoms with Gasteiger partial charge in [-0.3, -0.25) is 4.90 Å². The number of amides is 1. The highest BCUT2D eigenvalue weighted by molar-refractivity contribution is 5.73. The number of nitrogens with one attached hydrogen (secondary N) is 1. The van der Waals surface area contributed by atoms with Gasteiger partial charge in [0, 0.05) is 24.1 Å². The standard InChI is InChI=1S/C26H32FN3O2/c27-22-9-4-8-21(16-22)26(18-28,23-10-5-11-24(23)32-25(29)31)20-12-14-30(15-13-20)17-19-6-2-1-3-7-19/h1-4,6-9,16,18,20,23-24,28H,5,10-15,17H2,(H2,29,31)/t23-,24-,26?/m0/s1. The van der Waals surface area contributed by atoms with Crippen molar-refractivity contribution in [2.75, 3.05) is 13.1 Å². The predicted molar refractivity (Wildman–Crippen MR) is 123 cm³/mol. The van der Waals surface area contributed by atoms with Crippen molar-refractivity contribution in [2.45, 2.75) is 50.2 Å². The lowest BCUT2D eigenvalue weighted by molar-refractivity contribution is 0.0404. The van der Waals surface area contributed by atoms with E-state index >= 15 is 0 Å². The zero-order valence-corrected chi connectivity index (χ0v) is 18.4. The third-order valence-electron chi connectivity index (χ3n) is 7.41. The van der Waals surface area contributed by atoms with E-state index in [4.69, 9.17) is 15.9 Å². The molecule has 1 unspecified atom stereocenters. The fourth-order valence-electron chi connectivity index (χ4n) is 5.99. The van der Waals surface area contributed by atoms with Crippen LogP contribution in [0, 0.1) is 23.1 Å². The Morgan fingerprint density at radius 3 is 2.53 bits per heavy atom. The van der Waals surface area contributed by atoms with Crippen molar-refractivity contribution in [2.24, 2.45) is 17.6 Å². The fourth-order valence-corrected chi connectivity index (χ4v) is 5.99. The zero-order chi connectivity index (χ0) is 22.6. The first-order valence-corrected chi connectivity index (χ1v) is 11.5. The highest BCUT2D eigenvalue weighted by atomic mass is 19.1. The van der Waals surface area contributed by atoms with E-state index in [1.807, 2.05) is 12.1 Å². The van der Waals surface area contributed by atoms with Crippen LogP contribution in [0.2, 0.25) is 0 Å². The number of nitrogens with two attached hydrogens (primary N) is 1. The van der Waals surface area contributed by atoms with Gasteiger partial charge in [-0.2, -0.15) is 0 Å². The number of likely N-dealkylation sites (tertiary alicyclic amines) is 1. The zero-order valence-electron chi connectivity index (χ0n) is 18.4. The molecule has 0 radical (unpaired) electrons. The second-order valence-electron chi connectivity index (χ2n) is 9.14. The third kappa shape index (κ3) is 4.56. The predicted octanol–water partition coefficient (Wildman–Crippen LogP) is 4.89. The molecular weight excluding hydrogens is 405 g/mol. The minimum Gasteiger partial charge on any atom is -0.446 e. The van der Waals surface area contributed by atoms with Crippen LogP contribution in [0.1, 0.15) is 43.2 Å². The van der Waals surface area contributed by atoms with Gasteiger partial charge in [-0.15, -0.1) is 0 Å². The van der Waals surface area contributed by atoms with Crippen molar-refractivity contribution in [3.05, 3.63) is 71.5 Å². The largest absolute Gasteiger partial charge is 0.446 e. The van der Waals surface area contributed by atoms with E-state index in [1.165, 1.54) is 17.8 Å². The van der Waals surface area contributed by atoms with Crippen LogP contribution in [0.4, 0.5) is 9.18 Å². The highest BCUT2D eigenvalue weighted by Crippen LogP contribution is 2.50. The van der Waals surface area contributed by atoms with E-state index in [1.54, 1.807) is 12.1 Å². The number of ether oxygens (including phenoxy) is 1. The number of primary amides is 1. The summed E-state index contributed by atoms with van der Waals surface area (Å²) in [5.74, 6) is -0.225. The van der Waals surface area contributed by atoms with Gasteiger partial charge in [0.05, 0.1) is 0 Å². The lowest BCUT2D eigenvalue weighted by Crippen LogP contribution is -2.51. The first kappa shape index (κ1) is 22.5. The van der Waals surface area contributed by atoms with Crippen LogP contribution in [0.3, 0.4) is 0 Å². The van der Waals surface area contributed by atoms with Crippen molar-refractivity contribution in [1.29, 1.82) is 5.41 Å². The Balaban J connectivity index is 1.61. The average Bonchev–Trinajstić information content (AvgIpc) is 3.24. The van der Waals surface area contributed by atoms with Gasteiger partial charge in [0.1, 0.15) is 11.9 Å². The van der Waals surface area contributed by atoms with Crippen molar-refractivity contribution in [3.8, 4) is 0 Å². The number of carbonyl (C=O) groups is 1. The molecule has 2 aliphatic rings. The van der Waals surface area contributed by atoms with Crippen LogP contribution in [0.15, 0.2) is 54.6 Å². The minimum absolute atomic E-state index is 0.0834. The van der Waals surface area contributed by atoms with Gasteiger partial charge >= 0.3 is 6.09 Å². The van der Waals surface area contributed by atoms with Crippen LogP contribution < -0.4 is 5.73 Å². The average molecular weight is 438 g/mol. The van der Waals surface area contributed by atoms with E-state index in [0.29, 0.717) is 0 Å². The van der Waals surface area contributed by atoms with Gasteiger partial charge in [0.15, 0.2) is 0 Å². The lowest BCUT2D eigenvalue weighted by Gasteiger charge is -2.47. The van der Waals surface area contributed by atoms with Gasteiger partial charge in [-0.05, 0) is 74.4 Å². The summed E-state index contributed by atoms with van der Waals surface area (Å²) in [6.07, 6.45) is 4.64. The van der Waals surface area contributed by atoms with Crippen molar-refractivity contribution < 1.29 is 13.9 Å². The fraction of sp³-hybridized carbons (Fsp3) is 0.462. The first-order chi connectivity index (χ1) is 15.5. The first-order valence-electron chi connectivity index (χ1n) is 11.5. The van der Waals surface area contributed by atoms with Gasteiger partial charge < -0.3 is 15.9 Å². The van der Waals surface area contributed by atoms with Crippen LogP contribution in [0.25, 0.3) is 0 Å². The number of hydrogen-bond acceptors (Lipinski definition) is 4. The highest BCUT2D eigenvalue weighted by Gasteiger charge is 2.51. The topological polar surface area (TPSA) is 79.4 Å². The number of piperidine rings is 1. The number of carbonyl (C=O) groups excluding carboxylic acids is 1. The quantitative estimate of drug-likeness (QED) is 0.606. The summed E-state index contributed by atoms with van der Waals surface area (Å²) in [6, 6.07) is 17.1. The molecule has 170 valence electrons. The van der Waals surface area contributed by atoms with Crippen LogP contribution >= 0.6 is 0 Å². The Bertz CT molecular complexity index is 930. The number of halogens is 1. The summed E-state index contributed by atoms with van der Waals surface area (Å²) in [5, 5.41) is 8.59. The van der Waals surface area contributed by atoms with Gasteiger partial charge in [-0.25, -0.2) is 9.18 Å². The molecule has 3 N–H and O–H groups in total. The van der Waals surface area contributed by atoms with E-state index in [0.717, 1.165) is 57.3 Å². The molecule has 1 saturated heterocycles. The van der Waals surface area contributed by atoms with Crippen molar-refractivity contribution in [3.63, 3.8) is 0 Å². The molecule has 1 saturated carbocycles. The van der Waals surface area contributed by atoms with Crippen LogP contribution in [-0.2, 0) is 16.7 Å². The normalized spacial score (nSPS) is 24.0. The lowest BCUT2D eigenvalue weighted by atomic mass is 9.59. The number of benzene rings is 2. The molecule has 0 aromatic heterocycles. The molecule has 6 heteroatoms. The molecule has 1 amide bonds. The van der Waals surface area contributed by atoms with Crippen molar-refractivity contribution in [1.82, 2.24) is 4.90 Å². The summed E-state index contributed by atoms with van der Waals surface area (Å²) in [5.41, 5.74) is 6.78. The Kier molecular flexibility index (Phi) is 6.89. The SMILES string of the molecule is N=CC(c1cccc(F)c1)(C1CCN(Cc2ccccc2)CC1)[C@H]1CCC[C@@H]1OC(N)=O. The molecule has 4 rings (SSSR count). The molecule has 2 aromatic carbocycles. The second-order valence-corrected chi connectivity index (χ2v) is 9.14. The molecule has 0 bridgehead atoms. The van der Waals surface area contributed by atoms with E-state index in [-0.39, 0.29) is 23.8 Å². The molecule has 3 atom stereocenters. The maximum atomic E-state index is 14.3. The Labute approximate surface area is 189 Å². The van der Waals surface area contributed by atoms with Crippen molar-refractivity contribution >= 4 is 12.3 Å². The van der Waals surface area contributed by atoms with Crippen LogP contribution in [-0.4, -0.2) is 36.4 Å². The molecule has 1 aliphatic carbocycles.